The maximum atomic E-state index is 2.32. The van der Waals surface area contributed by atoms with E-state index in [9.17, 15) is 0 Å². The van der Waals surface area contributed by atoms with Crippen LogP contribution in [0.4, 0.5) is 0 Å². The Labute approximate surface area is 196 Å². The molecule has 0 aliphatic heterocycles. The van der Waals surface area contributed by atoms with E-state index in [4.69, 9.17) is 0 Å². The molecule has 1 aromatic heterocycles. The number of benzene rings is 4. The molecule has 0 bridgehead atoms. The predicted octanol–water partition coefficient (Wildman–Crippen LogP) is 7.32. The van der Waals surface area contributed by atoms with E-state index in [0.717, 1.165) is 11.4 Å². The fraction of sp³-hybridized carbons (Fsp3) is 0.129. The molecule has 162 valence electrons. The molecule has 5 rings (SSSR count). The fourth-order valence-corrected chi connectivity index (χ4v) is 4.24. The number of imidazole rings is 1. The van der Waals surface area contributed by atoms with Crippen LogP contribution < -0.4 is 4.57 Å². The third kappa shape index (κ3) is 4.12. The van der Waals surface area contributed by atoms with Gasteiger partial charge in [-0.2, -0.15) is 9.13 Å². The number of rotatable bonds is 4. The molecule has 33 heavy (non-hydrogen) atoms. The lowest BCUT2D eigenvalue weighted by Gasteiger charge is -2.07. The molecule has 0 atom stereocenters. The van der Waals surface area contributed by atoms with Gasteiger partial charge in [-0.15, -0.1) is 0 Å². The van der Waals surface area contributed by atoms with Gasteiger partial charge in [0.25, 0.3) is 6.33 Å². The standard InChI is InChI=1S/C31H29N2/c1-22-5-13-26(14-6-22)30-31(27-15-7-23(2)8-16-27)33(29-19-11-25(4)12-20-29)21-32(30)28-17-9-24(3)10-18-28/h5-21H,1-4H3/q+1. The summed E-state index contributed by atoms with van der Waals surface area (Å²) in [5, 5.41) is 0. The Balaban J connectivity index is 1.86. The first kappa shape index (κ1) is 21.0. The Kier molecular flexibility index (Phi) is 5.43. The third-order valence-electron chi connectivity index (χ3n) is 6.21. The molecule has 0 fully saturated rings. The summed E-state index contributed by atoms with van der Waals surface area (Å²) >= 11 is 0. The molecule has 2 nitrogen and oxygen atoms in total. The van der Waals surface area contributed by atoms with Crippen LogP contribution in [-0.2, 0) is 0 Å². The maximum Gasteiger partial charge on any atom is 0.255 e. The summed E-state index contributed by atoms with van der Waals surface area (Å²) in [7, 11) is 0. The van der Waals surface area contributed by atoms with Crippen molar-refractivity contribution in [1.82, 2.24) is 4.57 Å². The maximum absolute atomic E-state index is 2.32. The molecule has 5 aromatic rings. The molecular formula is C31H29N2+. The summed E-state index contributed by atoms with van der Waals surface area (Å²) in [6, 6.07) is 35.2. The van der Waals surface area contributed by atoms with Gasteiger partial charge in [0.2, 0.25) is 0 Å². The highest BCUT2D eigenvalue weighted by Crippen LogP contribution is 2.34. The molecule has 0 radical (unpaired) electrons. The van der Waals surface area contributed by atoms with Crippen molar-refractivity contribution in [1.29, 1.82) is 0 Å². The van der Waals surface area contributed by atoms with E-state index in [2.05, 4.69) is 140 Å². The lowest BCUT2D eigenvalue weighted by atomic mass is 10.0. The molecule has 0 saturated carbocycles. The fourth-order valence-electron chi connectivity index (χ4n) is 4.24. The van der Waals surface area contributed by atoms with Crippen LogP contribution in [0.25, 0.3) is 33.9 Å². The van der Waals surface area contributed by atoms with Crippen molar-refractivity contribution in [3.8, 4) is 33.9 Å². The van der Waals surface area contributed by atoms with Crippen LogP contribution in [0.3, 0.4) is 0 Å². The van der Waals surface area contributed by atoms with E-state index in [0.29, 0.717) is 0 Å². The quantitative estimate of drug-likeness (QED) is 0.265. The van der Waals surface area contributed by atoms with Crippen molar-refractivity contribution in [2.24, 2.45) is 0 Å². The lowest BCUT2D eigenvalue weighted by molar-refractivity contribution is -0.583. The average Bonchev–Trinajstić information content (AvgIpc) is 3.21. The molecule has 0 aliphatic rings. The van der Waals surface area contributed by atoms with Gasteiger partial charge < -0.3 is 0 Å². The van der Waals surface area contributed by atoms with Gasteiger partial charge in [0.05, 0.1) is 0 Å². The van der Waals surface area contributed by atoms with E-state index in [-0.39, 0.29) is 0 Å². The van der Waals surface area contributed by atoms with Crippen molar-refractivity contribution in [3.05, 3.63) is 126 Å². The van der Waals surface area contributed by atoms with Crippen molar-refractivity contribution in [3.63, 3.8) is 0 Å². The minimum absolute atomic E-state index is 1.15. The monoisotopic (exact) mass is 429 g/mol. The highest BCUT2D eigenvalue weighted by atomic mass is 15.2. The van der Waals surface area contributed by atoms with E-state index < -0.39 is 0 Å². The number of hydrogen-bond donors (Lipinski definition) is 0. The summed E-state index contributed by atoms with van der Waals surface area (Å²) in [5.41, 5.74) is 12.1. The Morgan fingerprint density at radius 2 is 0.909 bits per heavy atom. The summed E-state index contributed by atoms with van der Waals surface area (Å²) in [4.78, 5) is 0. The van der Waals surface area contributed by atoms with Gasteiger partial charge in [-0.3, -0.25) is 0 Å². The molecule has 0 saturated heterocycles. The van der Waals surface area contributed by atoms with Gasteiger partial charge in [-0.25, -0.2) is 0 Å². The number of hydrogen-bond acceptors (Lipinski definition) is 0. The molecule has 0 aliphatic carbocycles. The summed E-state index contributed by atoms with van der Waals surface area (Å²) < 4.78 is 4.64. The lowest BCUT2D eigenvalue weighted by Crippen LogP contribution is -2.30. The summed E-state index contributed by atoms with van der Waals surface area (Å²) in [6.07, 6.45) is 2.22. The first-order valence-electron chi connectivity index (χ1n) is 11.4. The van der Waals surface area contributed by atoms with E-state index in [1.165, 1.54) is 44.8 Å². The van der Waals surface area contributed by atoms with Gasteiger partial charge in [-0.05, 0) is 52.0 Å². The van der Waals surface area contributed by atoms with E-state index in [1.54, 1.807) is 0 Å². The molecule has 4 aromatic carbocycles. The first-order chi connectivity index (χ1) is 16.0. The second-order valence-electron chi connectivity index (χ2n) is 8.96. The topological polar surface area (TPSA) is 8.81 Å². The van der Waals surface area contributed by atoms with Gasteiger partial charge >= 0.3 is 0 Å². The average molecular weight is 430 g/mol. The number of nitrogens with zero attached hydrogens (tertiary/aromatic N) is 2. The smallest absolute Gasteiger partial charge is 0.194 e. The largest absolute Gasteiger partial charge is 0.255 e. The van der Waals surface area contributed by atoms with Crippen molar-refractivity contribution < 1.29 is 4.57 Å². The Morgan fingerprint density at radius 3 is 1.42 bits per heavy atom. The van der Waals surface area contributed by atoms with Crippen LogP contribution in [0.1, 0.15) is 22.3 Å². The number of aryl methyl sites for hydroxylation is 4. The molecule has 0 amide bonds. The van der Waals surface area contributed by atoms with E-state index in [1.807, 2.05) is 0 Å². The van der Waals surface area contributed by atoms with Crippen LogP contribution in [0, 0.1) is 27.7 Å². The van der Waals surface area contributed by atoms with Crippen molar-refractivity contribution in [2.45, 2.75) is 27.7 Å². The van der Waals surface area contributed by atoms with Gasteiger partial charge in [-0.1, -0.05) is 95.1 Å². The second-order valence-corrected chi connectivity index (χ2v) is 8.96. The van der Waals surface area contributed by atoms with Gasteiger partial charge in [0.1, 0.15) is 11.4 Å². The van der Waals surface area contributed by atoms with Crippen LogP contribution >= 0.6 is 0 Å². The first-order valence-corrected chi connectivity index (χ1v) is 11.4. The molecule has 0 unspecified atom stereocenters. The highest BCUT2D eigenvalue weighted by molar-refractivity contribution is 5.78. The van der Waals surface area contributed by atoms with Crippen molar-refractivity contribution in [2.75, 3.05) is 0 Å². The van der Waals surface area contributed by atoms with Gasteiger partial charge in [0.15, 0.2) is 11.4 Å². The number of aromatic nitrogens is 2. The summed E-state index contributed by atoms with van der Waals surface area (Å²) in [5.74, 6) is 0. The molecule has 2 heteroatoms. The van der Waals surface area contributed by atoms with Crippen LogP contribution in [0.5, 0.6) is 0 Å². The van der Waals surface area contributed by atoms with Crippen LogP contribution in [0.2, 0.25) is 0 Å². The zero-order valence-electron chi connectivity index (χ0n) is 19.7. The second kappa shape index (κ2) is 8.55. The minimum atomic E-state index is 1.15. The molecule has 0 N–H and O–H groups in total. The zero-order chi connectivity index (χ0) is 22.9. The predicted molar refractivity (Wildman–Crippen MR) is 137 cm³/mol. The van der Waals surface area contributed by atoms with Crippen molar-refractivity contribution >= 4 is 0 Å². The van der Waals surface area contributed by atoms with E-state index >= 15 is 0 Å². The molecule has 0 spiro atoms. The third-order valence-corrected chi connectivity index (χ3v) is 6.21. The summed E-state index contributed by atoms with van der Waals surface area (Å²) in [6.45, 7) is 8.53. The minimum Gasteiger partial charge on any atom is -0.194 e. The molecular weight excluding hydrogens is 400 g/mol. The molecule has 1 heterocycles. The SMILES string of the molecule is Cc1ccc(-c2c(-c3ccc(C)cc3)[n+](-c3ccc(C)cc3)cn2-c2ccc(C)cc2)cc1. The van der Waals surface area contributed by atoms with Crippen LogP contribution in [-0.4, -0.2) is 4.57 Å². The Morgan fingerprint density at radius 1 is 0.485 bits per heavy atom. The van der Waals surface area contributed by atoms with Gasteiger partial charge in [0, 0.05) is 11.1 Å². The zero-order valence-corrected chi connectivity index (χ0v) is 19.7. The highest BCUT2D eigenvalue weighted by Gasteiger charge is 2.28. The normalized spacial score (nSPS) is 11.0. The van der Waals surface area contributed by atoms with Crippen LogP contribution in [0.15, 0.2) is 103 Å². The Bertz CT molecular complexity index is 1280. The Hall–Kier alpha value is -3.91.